The van der Waals surface area contributed by atoms with E-state index in [1.54, 1.807) is 6.07 Å². The average Bonchev–Trinajstić information content (AvgIpc) is 2.36. The molecule has 1 aliphatic heterocycles. The van der Waals surface area contributed by atoms with Gasteiger partial charge < -0.3 is 4.74 Å². The number of benzene rings is 1. The van der Waals surface area contributed by atoms with Gasteiger partial charge in [-0.3, -0.25) is 4.90 Å². The van der Waals surface area contributed by atoms with Gasteiger partial charge in [-0.25, -0.2) is 0 Å². The summed E-state index contributed by atoms with van der Waals surface area (Å²) < 4.78 is 44.0. The number of alkyl halides is 4. The fourth-order valence-electron chi connectivity index (χ4n) is 2.72. The lowest BCUT2D eigenvalue weighted by Crippen LogP contribution is -2.52. The lowest BCUT2D eigenvalue weighted by atomic mass is 10.0. The van der Waals surface area contributed by atoms with Gasteiger partial charge in [-0.2, -0.15) is 13.2 Å². The second-order valence-electron chi connectivity index (χ2n) is 6.02. The number of ether oxygens (including phenoxy) is 1. The highest BCUT2D eigenvalue weighted by molar-refractivity contribution is 6.18. The van der Waals surface area contributed by atoms with E-state index in [1.807, 2.05) is 13.8 Å². The number of hydrogen-bond acceptors (Lipinski definition) is 2. The number of morpholine rings is 1. The maximum absolute atomic E-state index is 12.7. The number of nitrogens with zero attached hydrogens (tertiary/aromatic N) is 1. The fraction of sp³-hybridized carbons (Fsp3) is 0.600. The summed E-state index contributed by atoms with van der Waals surface area (Å²) in [6.07, 6.45) is -4.40. The minimum absolute atomic E-state index is 0.0961. The lowest BCUT2D eigenvalue weighted by molar-refractivity contribution is -0.138. The quantitative estimate of drug-likeness (QED) is 0.782. The van der Waals surface area contributed by atoms with Crippen molar-refractivity contribution in [3.63, 3.8) is 0 Å². The molecule has 1 fully saturated rings. The van der Waals surface area contributed by atoms with E-state index in [4.69, 9.17) is 16.3 Å². The molecular weight excluding hydrogens is 303 g/mol. The first-order valence-electron chi connectivity index (χ1n) is 6.82. The van der Waals surface area contributed by atoms with Crippen LogP contribution in [-0.2, 0) is 17.5 Å². The van der Waals surface area contributed by atoms with Crippen molar-refractivity contribution in [2.75, 3.05) is 19.0 Å². The molecule has 1 unspecified atom stereocenters. The Bertz CT molecular complexity index is 490. The smallest absolute Gasteiger partial charge is 0.368 e. The van der Waals surface area contributed by atoms with Crippen LogP contribution >= 0.6 is 11.6 Å². The molecule has 2 rings (SSSR count). The highest BCUT2D eigenvalue weighted by Gasteiger charge is 2.34. The predicted octanol–water partition coefficient (Wildman–Crippen LogP) is 3.92. The normalized spacial score (nSPS) is 23.2. The van der Waals surface area contributed by atoms with Gasteiger partial charge in [0.2, 0.25) is 0 Å². The van der Waals surface area contributed by atoms with Gasteiger partial charge in [0, 0.05) is 25.5 Å². The summed E-state index contributed by atoms with van der Waals surface area (Å²) in [6, 6.07) is 5.46. The van der Waals surface area contributed by atoms with E-state index in [0.717, 1.165) is 6.07 Å². The topological polar surface area (TPSA) is 12.5 Å². The van der Waals surface area contributed by atoms with E-state index in [0.29, 0.717) is 31.1 Å². The van der Waals surface area contributed by atoms with E-state index < -0.39 is 11.7 Å². The van der Waals surface area contributed by atoms with Gasteiger partial charge >= 0.3 is 6.18 Å². The molecule has 6 heteroatoms. The molecule has 118 valence electrons. The molecule has 1 saturated heterocycles. The summed E-state index contributed by atoms with van der Waals surface area (Å²) in [5, 5.41) is 0. The van der Waals surface area contributed by atoms with Crippen LogP contribution in [0, 0.1) is 0 Å². The first kappa shape index (κ1) is 16.6. The van der Waals surface area contributed by atoms with Crippen LogP contribution in [0.1, 0.15) is 25.0 Å². The molecule has 1 heterocycles. The summed E-state index contributed by atoms with van der Waals surface area (Å²) in [5.41, 5.74) is -0.309. The first-order chi connectivity index (χ1) is 9.69. The van der Waals surface area contributed by atoms with Gasteiger partial charge in [0.15, 0.2) is 0 Å². The van der Waals surface area contributed by atoms with Crippen molar-refractivity contribution in [2.45, 2.75) is 38.3 Å². The minimum Gasteiger partial charge on any atom is -0.368 e. The molecule has 0 radical (unpaired) electrons. The van der Waals surface area contributed by atoms with E-state index in [1.165, 1.54) is 12.1 Å². The second-order valence-corrected chi connectivity index (χ2v) is 6.33. The van der Waals surface area contributed by atoms with Gasteiger partial charge in [-0.1, -0.05) is 18.2 Å². The van der Waals surface area contributed by atoms with Crippen molar-refractivity contribution < 1.29 is 17.9 Å². The molecular formula is C15H19ClF3NO. The Hall–Kier alpha value is -0.780. The summed E-state index contributed by atoms with van der Waals surface area (Å²) in [7, 11) is 0. The van der Waals surface area contributed by atoms with Crippen LogP contribution in [0.25, 0.3) is 0 Å². The molecule has 0 amide bonds. The van der Waals surface area contributed by atoms with Crippen molar-refractivity contribution in [3.8, 4) is 0 Å². The summed E-state index contributed by atoms with van der Waals surface area (Å²) >= 11 is 5.86. The SMILES string of the molecule is CC1(C)CN(Cc2cccc(C(F)(F)F)c2)CC(CCl)O1. The largest absolute Gasteiger partial charge is 0.416 e. The van der Waals surface area contributed by atoms with Crippen molar-refractivity contribution in [2.24, 2.45) is 0 Å². The van der Waals surface area contributed by atoms with Crippen molar-refractivity contribution in [1.29, 1.82) is 0 Å². The molecule has 0 bridgehead atoms. The summed E-state index contributed by atoms with van der Waals surface area (Å²) in [5.74, 6) is 0.378. The predicted molar refractivity (Wildman–Crippen MR) is 76.4 cm³/mol. The second kappa shape index (κ2) is 6.15. The monoisotopic (exact) mass is 321 g/mol. The zero-order valence-corrected chi connectivity index (χ0v) is 12.8. The van der Waals surface area contributed by atoms with Crippen LogP contribution < -0.4 is 0 Å². The van der Waals surface area contributed by atoms with Crippen LogP contribution in [0.15, 0.2) is 24.3 Å². The first-order valence-corrected chi connectivity index (χ1v) is 7.35. The zero-order valence-electron chi connectivity index (χ0n) is 12.1. The number of rotatable bonds is 3. The van der Waals surface area contributed by atoms with Gasteiger partial charge in [-0.15, -0.1) is 11.6 Å². The highest BCUT2D eigenvalue weighted by Crippen LogP contribution is 2.30. The van der Waals surface area contributed by atoms with Gasteiger partial charge in [0.1, 0.15) is 0 Å². The average molecular weight is 322 g/mol. The molecule has 1 aliphatic rings. The molecule has 1 atom stereocenters. The highest BCUT2D eigenvalue weighted by atomic mass is 35.5. The summed E-state index contributed by atoms with van der Waals surface area (Å²) in [6.45, 7) is 5.68. The van der Waals surface area contributed by atoms with E-state index in [2.05, 4.69) is 4.90 Å². The Balaban J connectivity index is 2.10. The maximum Gasteiger partial charge on any atom is 0.416 e. The Morgan fingerprint density at radius 1 is 1.38 bits per heavy atom. The molecule has 0 N–H and O–H groups in total. The van der Waals surface area contributed by atoms with Crippen LogP contribution in [-0.4, -0.2) is 35.6 Å². The third kappa shape index (κ3) is 4.59. The lowest BCUT2D eigenvalue weighted by Gasteiger charge is -2.42. The Morgan fingerprint density at radius 2 is 2.10 bits per heavy atom. The van der Waals surface area contributed by atoms with Crippen LogP contribution in [0.2, 0.25) is 0 Å². The van der Waals surface area contributed by atoms with Crippen LogP contribution in [0.3, 0.4) is 0 Å². The number of halogens is 4. The van der Waals surface area contributed by atoms with E-state index in [-0.39, 0.29) is 11.7 Å². The minimum atomic E-state index is -4.31. The fourth-order valence-corrected chi connectivity index (χ4v) is 2.88. The van der Waals surface area contributed by atoms with Crippen molar-refractivity contribution >= 4 is 11.6 Å². The standard InChI is InChI=1S/C15H19ClF3NO/c1-14(2)10-20(9-13(7-16)21-14)8-11-4-3-5-12(6-11)15(17,18)19/h3-6,13H,7-10H2,1-2H3. The third-order valence-electron chi connectivity index (χ3n) is 3.38. The Kier molecular flexibility index (Phi) is 4.85. The molecule has 1 aromatic rings. The van der Waals surface area contributed by atoms with Crippen molar-refractivity contribution in [3.05, 3.63) is 35.4 Å². The molecule has 0 spiro atoms. The Morgan fingerprint density at radius 3 is 2.71 bits per heavy atom. The molecule has 0 saturated carbocycles. The van der Waals surface area contributed by atoms with Crippen LogP contribution in [0.5, 0.6) is 0 Å². The maximum atomic E-state index is 12.7. The van der Waals surface area contributed by atoms with E-state index in [9.17, 15) is 13.2 Å². The Labute approximate surface area is 127 Å². The number of hydrogen-bond donors (Lipinski definition) is 0. The molecule has 21 heavy (non-hydrogen) atoms. The van der Waals surface area contributed by atoms with Crippen molar-refractivity contribution in [1.82, 2.24) is 4.90 Å². The van der Waals surface area contributed by atoms with Gasteiger partial charge in [-0.05, 0) is 25.5 Å². The third-order valence-corrected chi connectivity index (χ3v) is 3.73. The van der Waals surface area contributed by atoms with Crippen LogP contribution in [0.4, 0.5) is 13.2 Å². The molecule has 0 aliphatic carbocycles. The molecule has 2 nitrogen and oxygen atoms in total. The summed E-state index contributed by atoms with van der Waals surface area (Å²) in [4.78, 5) is 2.09. The molecule has 0 aromatic heterocycles. The van der Waals surface area contributed by atoms with E-state index >= 15 is 0 Å². The van der Waals surface area contributed by atoms with Gasteiger partial charge in [0.05, 0.1) is 17.3 Å². The molecule has 1 aromatic carbocycles. The van der Waals surface area contributed by atoms with Gasteiger partial charge in [0.25, 0.3) is 0 Å². The zero-order chi connectivity index (χ0) is 15.7.